The number of carbonyl (C=O) groups excluding carboxylic acids is 1. The lowest BCUT2D eigenvalue weighted by Gasteiger charge is -2.21. The number of hydrogen-bond donors (Lipinski definition) is 0. The fraction of sp³-hybridized carbons (Fsp3) is 0.350. The Kier molecular flexibility index (Phi) is 4.22. The van der Waals surface area contributed by atoms with E-state index in [9.17, 15) is 4.79 Å². The normalized spacial score (nSPS) is 16.9. The first-order chi connectivity index (χ1) is 10.9. The van der Waals surface area contributed by atoms with Crippen molar-refractivity contribution in [3.05, 3.63) is 65.2 Å². The maximum Gasteiger partial charge on any atom is 0.196 e. The fourth-order valence-corrected chi connectivity index (χ4v) is 2.39. The van der Waals surface area contributed by atoms with Crippen LogP contribution in [-0.4, -0.2) is 25.1 Å². The highest BCUT2D eigenvalue weighted by atomic mass is 16.6. The summed E-state index contributed by atoms with van der Waals surface area (Å²) in [6.07, 6.45) is 0.160. The Bertz CT molecular complexity index is 695. The van der Waals surface area contributed by atoms with Gasteiger partial charge in [-0.2, -0.15) is 0 Å². The number of rotatable bonds is 5. The summed E-state index contributed by atoms with van der Waals surface area (Å²) in [6.45, 7) is 7.67. The Hall–Kier alpha value is -2.13. The van der Waals surface area contributed by atoms with Gasteiger partial charge in [-0.3, -0.25) is 4.79 Å². The highest BCUT2D eigenvalue weighted by molar-refractivity contribution is 6.10. The third-order valence-electron chi connectivity index (χ3n) is 3.96. The monoisotopic (exact) mass is 310 g/mol. The second kappa shape index (κ2) is 6.17. The van der Waals surface area contributed by atoms with Gasteiger partial charge >= 0.3 is 0 Å². The van der Waals surface area contributed by atoms with Gasteiger partial charge in [-0.25, -0.2) is 0 Å². The number of benzene rings is 2. The van der Waals surface area contributed by atoms with Gasteiger partial charge in [0.1, 0.15) is 18.5 Å². The number of ether oxygens (including phenoxy) is 2. The van der Waals surface area contributed by atoms with E-state index in [1.807, 2.05) is 48.5 Å². The van der Waals surface area contributed by atoms with Gasteiger partial charge < -0.3 is 9.47 Å². The van der Waals surface area contributed by atoms with Crippen molar-refractivity contribution in [1.82, 2.24) is 0 Å². The van der Waals surface area contributed by atoms with Crippen LogP contribution < -0.4 is 4.74 Å². The first kappa shape index (κ1) is 15.8. The van der Waals surface area contributed by atoms with Crippen LogP contribution in [0.5, 0.6) is 5.75 Å². The number of hydrogen-bond acceptors (Lipinski definition) is 3. The molecule has 0 aliphatic carbocycles. The van der Waals surface area contributed by atoms with Crippen molar-refractivity contribution in [2.75, 3.05) is 13.2 Å². The Morgan fingerprint density at radius 3 is 2.48 bits per heavy atom. The molecule has 1 atom stereocenters. The first-order valence-corrected chi connectivity index (χ1v) is 7.94. The van der Waals surface area contributed by atoms with Gasteiger partial charge in [0, 0.05) is 5.56 Å². The van der Waals surface area contributed by atoms with Gasteiger partial charge in [-0.05, 0) is 23.1 Å². The molecule has 0 N–H and O–H groups in total. The van der Waals surface area contributed by atoms with Crippen LogP contribution in [0.2, 0.25) is 0 Å². The molecule has 0 spiro atoms. The quantitative estimate of drug-likeness (QED) is 0.619. The summed E-state index contributed by atoms with van der Waals surface area (Å²) in [7, 11) is 0. The topological polar surface area (TPSA) is 38.8 Å². The highest BCUT2D eigenvalue weighted by Crippen LogP contribution is 2.30. The van der Waals surface area contributed by atoms with Gasteiger partial charge in [-0.1, -0.05) is 57.2 Å². The molecule has 0 saturated carbocycles. The van der Waals surface area contributed by atoms with E-state index in [0.29, 0.717) is 23.5 Å². The Labute approximate surface area is 137 Å². The molecule has 0 amide bonds. The van der Waals surface area contributed by atoms with Gasteiger partial charge in [0.2, 0.25) is 0 Å². The molecule has 2 aromatic rings. The Balaban J connectivity index is 1.95. The van der Waals surface area contributed by atoms with Crippen LogP contribution in [0.4, 0.5) is 0 Å². The summed E-state index contributed by atoms with van der Waals surface area (Å²) in [6, 6.07) is 15.2. The lowest BCUT2D eigenvalue weighted by molar-refractivity contribution is 0.103. The van der Waals surface area contributed by atoms with Gasteiger partial charge in [0.15, 0.2) is 5.78 Å². The standard InChI is InChI=1S/C20H22O3/c1-20(2,3)15-9-10-17(18(11-15)23-13-16-12-22-16)19(21)14-7-5-4-6-8-14/h4-11,16H,12-13H2,1-3H3. The summed E-state index contributed by atoms with van der Waals surface area (Å²) in [4.78, 5) is 12.8. The third-order valence-corrected chi connectivity index (χ3v) is 3.96. The lowest BCUT2D eigenvalue weighted by atomic mass is 9.86. The van der Waals surface area contributed by atoms with E-state index in [-0.39, 0.29) is 17.3 Å². The zero-order valence-corrected chi connectivity index (χ0v) is 13.8. The second-order valence-corrected chi connectivity index (χ2v) is 6.92. The van der Waals surface area contributed by atoms with E-state index in [1.165, 1.54) is 0 Å². The molecule has 23 heavy (non-hydrogen) atoms. The predicted molar refractivity (Wildman–Crippen MR) is 90.3 cm³/mol. The molecule has 1 heterocycles. The van der Waals surface area contributed by atoms with Gasteiger partial charge in [-0.15, -0.1) is 0 Å². The molecule has 1 aliphatic rings. The lowest BCUT2D eigenvalue weighted by Crippen LogP contribution is -2.14. The summed E-state index contributed by atoms with van der Waals surface area (Å²) >= 11 is 0. The van der Waals surface area contributed by atoms with E-state index >= 15 is 0 Å². The molecule has 1 unspecified atom stereocenters. The van der Waals surface area contributed by atoms with E-state index in [2.05, 4.69) is 20.8 Å². The van der Waals surface area contributed by atoms with Crippen LogP contribution >= 0.6 is 0 Å². The van der Waals surface area contributed by atoms with Crippen LogP contribution in [0, 0.1) is 0 Å². The summed E-state index contributed by atoms with van der Waals surface area (Å²) in [5.74, 6) is 0.625. The maximum atomic E-state index is 12.8. The van der Waals surface area contributed by atoms with Crippen LogP contribution in [0.3, 0.4) is 0 Å². The van der Waals surface area contributed by atoms with Crippen molar-refractivity contribution in [3.63, 3.8) is 0 Å². The SMILES string of the molecule is CC(C)(C)c1ccc(C(=O)c2ccccc2)c(OCC2CO2)c1. The van der Waals surface area contributed by atoms with Crippen LogP contribution in [-0.2, 0) is 10.2 Å². The first-order valence-electron chi connectivity index (χ1n) is 7.94. The minimum absolute atomic E-state index is 0.00250. The van der Waals surface area contributed by atoms with Crippen LogP contribution in [0.15, 0.2) is 48.5 Å². The van der Waals surface area contributed by atoms with E-state index < -0.39 is 0 Å². The molecule has 2 aromatic carbocycles. The van der Waals surface area contributed by atoms with E-state index in [1.54, 1.807) is 0 Å². The number of carbonyl (C=O) groups is 1. The minimum atomic E-state index is -0.0159. The molecule has 0 radical (unpaired) electrons. The van der Waals surface area contributed by atoms with Gasteiger partial charge in [0.25, 0.3) is 0 Å². The van der Waals surface area contributed by atoms with Crippen molar-refractivity contribution >= 4 is 5.78 Å². The summed E-state index contributed by atoms with van der Waals surface area (Å²) < 4.78 is 11.1. The predicted octanol–water partition coefficient (Wildman–Crippen LogP) is 3.99. The molecule has 3 heteroatoms. The number of ketones is 1. The van der Waals surface area contributed by atoms with Crippen LogP contribution in [0.1, 0.15) is 42.3 Å². The van der Waals surface area contributed by atoms with Crippen molar-refractivity contribution in [1.29, 1.82) is 0 Å². The van der Waals surface area contributed by atoms with Crippen molar-refractivity contribution in [2.24, 2.45) is 0 Å². The molecule has 1 aliphatic heterocycles. The zero-order chi connectivity index (χ0) is 16.4. The molecule has 120 valence electrons. The maximum absolute atomic E-state index is 12.8. The molecule has 1 saturated heterocycles. The van der Waals surface area contributed by atoms with Crippen LogP contribution in [0.25, 0.3) is 0 Å². The molecule has 3 rings (SSSR count). The average Bonchev–Trinajstić information content (AvgIpc) is 3.36. The molecular formula is C20H22O3. The van der Waals surface area contributed by atoms with Crippen molar-refractivity contribution in [2.45, 2.75) is 32.3 Å². The van der Waals surface area contributed by atoms with Crippen molar-refractivity contribution in [3.8, 4) is 5.75 Å². The Morgan fingerprint density at radius 1 is 1.17 bits per heavy atom. The fourth-order valence-electron chi connectivity index (χ4n) is 2.39. The van der Waals surface area contributed by atoms with E-state index in [4.69, 9.17) is 9.47 Å². The number of epoxide rings is 1. The summed E-state index contributed by atoms with van der Waals surface area (Å²) in [5, 5.41) is 0. The third kappa shape index (κ3) is 3.80. The minimum Gasteiger partial charge on any atom is -0.490 e. The molecule has 1 fully saturated rings. The molecular weight excluding hydrogens is 288 g/mol. The van der Waals surface area contributed by atoms with Crippen molar-refractivity contribution < 1.29 is 14.3 Å². The average molecular weight is 310 g/mol. The summed E-state index contributed by atoms with van der Waals surface area (Å²) in [5.41, 5.74) is 2.42. The molecule has 3 nitrogen and oxygen atoms in total. The molecule has 0 bridgehead atoms. The Morgan fingerprint density at radius 2 is 1.87 bits per heavy atom. The molecule has 0 aromatic heterocycles. The second-order valence-electron chi connectivity index (χ2n) is 6.92. The van der Waals surface area contributed by atoms with E-state index in [0.717, 1.165) is 12.2 Å². The zero-order valence-electron chi connectivity index (χ0n) is 13.8. The largest absolute Gasteiger partial charge is 0.490 e. The smallest absolute Gasteiger partial charge is 0.196 e. The van der Waals surface area contributed by atoms with Gasteiger partial charge in [0.05, 0.1) is 12.2 Å². The highest BCUT2D eigenvalue weighted by Gasteiger charge is 2.25.